The third-order valence-corrected chi connectivity index (χ3v) is 4.30. The Kier molecular flexibility index (Phi) is 4.53. The summed E-state index contributed by atoms with van der Waals surface area (Å²) in [5.74, 6) is -0.268. The molecule has 1 aromatic rings. The summed E-state index contributed by atoms with van der Waals surface area (Å²) in [5.41, 5.74) is 1.35. The van der Waals surface area contributed by atoms with Crippen LogP contribution in [-0.2, 0) is 11.3 Å². The Balaban J connectivity index is 1.74. The van der Waals surface area contributed by atoms with Gasteiger partial charge in [-0.25, -0.2) is 4.79 Å². The van der Waals surface area contributed by atoms with Crippen molar-refractivity contribution in [3.8, 4) is 0 Å². The van der Waals surface area contributed by atoms with Gasteiger partial charge < -0.3 is 15.5 Å². The Labute approximate surface area is 141 Å². The van der Waals surface area contributed by atoms with Crippen LogP contribution in [0.2, 0.25) is 0 Å². The first-order valence-corrected chi connectivity index (χ1v) is 8.16. The predicted molar refractivity (Wildman–Crippen MR) is 88.4 cm³/mol. The average Bonchev–Trinajstić information content (AvgIpc) is 2.85. The fraction of sp³-hybridized carbons (Fsp3) is 0.471. The molecule has 0 aromatic heterocycles. The molecule has 1 aromatic carbocycles. The van der Waals surface area contributed by atoms with Crippen LogP contribution in [0.3, 0.4) is 0 Å². The zero-order valence-corrected chi connectivity index (χ0v) is 13.9. The fourth-order valence-electron chi connectivity index (χ4n) is 3.28. The van der Waals surface area contributed by atoms with E-state index in [0.29, 0.717) is 18.7 Å². The van der Waals surface area contributed by atoms with Crippen LogP contribution >= 0.6 is 0 Å². The number of rotatable bonds is 3. The number of imide groups is 1. The van der Waals surface area contributed by atoms with Gasteiger partial charge in [0.1, 0.15) is 0 Å². The van der Waals surface area contributed by atoms with E-state index in [2.05, 4.69) is 24.5 Å². The molecule has 7 heteroatoms. The molecular weight excluding hydrogens is 308 g/mol. The van der Waals surface area contributed by atoms with Crippen LogP contribution in [-0.4, -0.2) is 59.4 Å². The van der Waals surface area contributed by atoms with E-state index in [0.717, 1.165) is 5.56 Å². The summed E-state index contributed by atoms with van der Waals surface area (Å²) in [5, 5.41) is 5.90. The van der Waals surface area contributed by atoms with Crippen LogP contribution in [0.5, 0.6) is 0 Å². The molecule has 4 amide bonds. The number of hydrogen-bond acceptors (Lipinski definition) is 4. The van der Waals surface area contributed by atoms with E-state index in [4.69, 9.17) is 0 Å². The molecule has 24 heavy (non-hydrogen) atoms. The molecule has 0 radical (unpaired) electrons. The maximum absolute atomic E-state index is 12.7. The Morgan fingerprint density at radius 1 is 1.21 bits per heavy atom. The molecule has 2 saturated heterocycles. The topological polar surface area (TPSA) is 81.8 Å². The molecule has 128 valence electrons. The van der Waals surface area contributed by atoms with E-state index in [1.54, 1.807) is 18.2 Å². The Morgan fingerprint density at radius 3 is 2.54 bits per heavy atom. The summed E-state index contributed by atoms with van der Waals surface area (Å²) in [7, 11) is 0. The molecule has 2 aliphatic heterocycles. The van der Waals surface area contributed by atoms with Gasteiger partial charge in [0.15, 0.2) is 0 Å². The molecular formula is C17H22N4O3. The molecule has 2 atom stereocenters. The standard InChI is InChI=1S/C17H22N4O3/c1-11-8-20(9-12(2)19-11)16(23)14-5-3-4-13(6-14)10-21-15(22)7-18-17(21)24/h3-6,11-12,19H,7-10H2,1-2H3,(H,18,24). The Hall–Kier alpha value is -2.41. The number of carbonyl (C=O) groups is 3. The maximum Gasteiger partial charge on any atom is 0.324 e. The summed E-state index contributed by atoms with van der Waals surface area (Å²) in [6, 6.07) is 7.27. The SMILES string of the molecule is CC1CN(C(=O)c2cccc(CN3C(=O)CNC3=O)c2)CC(C)N1. The molecule has 0 spiro atoms. The quantitative estimate of drug-likeness (QED) is 0.794. The van der Waals surface area contributed by atoms with Crippen molar-refractivity contribution in [1.82, 2.24) is 20.4 Å². The molecule has 0 aliphatic carbocycles. The number of benzene rings is 1. The highest BCUT2D eigenvalue weighted by molar-refractivity contribution is 6.02. The number of piperazine rings is 1. The van der Waals surface area contributed by atoms with E-state index < -0.39 is 0 Å². The minimum atomic E-state index is -0.388. The van der Waals surface area contributed by atoms with Gasteiger partial charge in [0.25, 0.3) is 5.91 Å². The van der Waals surface area contributed by atoms with Crippen LogP contribution in [0.4, 0.5) is 4.79 Å². The van der Waals surface area contributed by atoms with Gasteiger partial charge in [-0.3, -0.25) is 14.5 Å². The molecule has 2 heterocycles. The van der Waals surface area contributed by atoms with Crippen LogP contribution in [0, 0.1) is 0 Å². The van der Waals surface area contributed by atoms with Crippen molar-refractivity contribution in [2.45, 2.75) is 32.5 Å². The van der Waals surface area contributed by atoms with Gasteiger partial charge in [0.2, 0.25) is 5.91 Å². The lowest BCUT2D eigenvalue weighted by Crippen LogP contribution is -2.55. The minimum Gasteiger partial charge on any atom is -0.336 e. The van der Waals surface area contributed by atoms with Crippen molar-refractivity contribution in [3.05, 3.63) is 35.4 Å². The third-order valence-electron chi connectivity index (χ3n) is 4.30. The molecule has 7 nitrogen and oxygen atoms in total. The Bertz CT molecular complexity index is 650. The molecule has 0 saturated carbocycles. The van der Waals surface area contributed by atoms with E-state index in [1.807, 2.05) is 11.0 Å². The summed E-state index contributed by atoms with van der Waals surface area (Å²) >= 11 is 0. The summed E-state index contributed by atoms with van der Waals surface area (Å²) < 4.78 is 0. The van der Waals surface area contributed by atoms with Crippen LogP contribution in [0.25, 0.3) is 0 Å². The summed E-state index contributed by atoms with van der Waals surface area (Å²) in [4.78, 5) is 39.1. The van der Waals surface area contributed by atoms with Crippen molar-refractivity contribution < 1.29 is 14.4 Å². The van der Waals surface area contributed by atoms with Crippen molar-refractivity contribution in [2.24, 2.45) is 0 Å². The lowest BCUT2D eigenvalue weighted by atomic mass is 10.1. The second-order valence-corrected chi connectivity index (χ2v) is 6.52. The van der Waals surface area contributed by atoms with Gasteiger partial charge in [0.05, 0.1) is 13.1 Å². The number of urea groups is 1. The average molecular weight is 330 g/mol. The highest BCUT2D eigenvalue weighted by Crippen LogP contribution is 2.14. The minimum absolute atomic E-state index is 0.0192. The van der Waals surface area contributed by atoms with Gasteiger partial charge in [-0.15, -0.1) is 0 Å². The van der Waals surface area contributed by atoms with E-state index in [9.17, 15) is 14.4 Å². The van der Waals surface area contributed by atoms with Crippen molar-refractivity contribution in [1.29, 1.82) is 0 Å². The highest BCUT2D eigenvalue weighted by atomic mass is 16.2. The van der Waals surface area contributed by atoms with Crippen molar-refractivity contribution in [3.63, 3.8) is 0 Å². The molecule has 0 bridgehead atoms. The smallest absolute Gasteiger partial charge is 0.324 e. The summed E-state index contributed by atoms with van der Waals surface area (Å²) in [6.45, 7) is 5.67. The molecule has 2 fully saturated rings. The lowest BCUT2D eigenvalue weighted by molar-refractivity contribution is -0.125. The number of nitrogens with one attached hydrogen (secondary N) is 2. The van der Waals surface area contributed by atoms with Crippen LogP contribution < -0.4 is 10.6 Å². The predicted octanol–water partition coefficient (Wildman–Crippen LogP) is 0.561. The Morgan fingerprint density at radius 2 is 1.92 bits per heavy atom. The second kappa shape index (κ2) is 6.60. The number of nitrogens with zero attached hydrogens (tertiary/aromatic N) is 2. The second-order valence-electron chi connectivity index (χ2n) is 6.52. The van der Waals surface area contributed by atoms with Crippen molar-refractivity contribution in [2.75, 3.05) is 19.6 Å². The zero-order valence-electron chi connectivity index (χ0n) is 13.9. The van der Waals surface area contributed by atoms with Gasteiger partial charge in [-0.1, -0.05) is 12.1 Å². The molecule has 3 rings (SSSR count). The lowest BCUT2D eigenvalue weighted by Gasteiger charge is -2.36. The van der Waals surface area contributed by atoms with E-state index >= 15 is 0 Å². The van der Waals surface area contributed by atoms with Gasteiger partial charge in [-0.2, -0.15) is 0 Å². The van der Waals surface area contributed by atoms with Gasteiger partial charge >= 0.3 is 6.03 Å². The largest absolute Gasteiger partial charge is 0.336 e. The van der Waals surface area contributed by atoms with E-state index in [-0.39, 0.29) is 43.0 Å². The number of hydrogen-bond donors (Lipinski definition) is 2. The fourth-order valence-corrected chi connectivity index (χ4v) is 3.28. The maximum atomic E-state index is 12.7. The number of carbonyl (C=O) groups excluding carboxylic acids is 3. The monoisotopic (exact) mass is 330 g/mol. The number of amides is 4. The van der Waals surface area contributed by atoms with Gasteiger partial charge in [0, 0.05) is 30.7 Å². The summed E-state index contributed by atoms with van der Waals surface area (Å²) in [6.07, 6.45) is 0. The first kappa shape index (κ1) is 16.4. The van der Waals surface area contributed by atoms with Crippen molar-refractivity contribution >= 4 is 17.8 Å². The van der Waals surface area contributed by atoms with Crippen LogP contribution in [0.15, 0.2) is 24.3 Å². The third kappa shape index (κ3) is 3.41. The normalized spacial score (nSPS) is 24.2. The van der Waals surface area contributed by atoms with E-state index in [1.165, 1.54) is 4.90 Å². The molecule has 2 aliphatic rings. The first-order chi connectivity index (χ1) is 11.4. The molecule has 2 unspecified atom stereocenters. The zero-order chi connectivity index (χ0) is 17.3. The van der Waals surface area contributed by atoms with Crippen LogP contribution in [0.1, 0.15) is 29.8 Å². The first-order valence-electron chi connectivity index (χ1n) is 8.16. The van der Waals surface area contributed by atoms with Gasteiger partial charge in [-0.05, 0) is 31.5 Å². The highest BCUT2D eigenvalue weighted by Gasteiger charge is 2.29. The molecule has 2 N–H and O–H groups in total.